The number of ether oxygens (including phenoxy) is 1. The molecule has 1 aliphatic rings. The van der Waals surface area contributed by atoms with Crippen molar-refractivity contribution in [3.05, 3.63) is 35.9 Å². The maximum absolute atomic E-state index is 12.6. The summed E-state index contributed by atoms with van der Waals surface area (Å²) in [6.45, 7) is 1.04. The Kier molecular flexibility index (Phi) is 2.67. The van der Waals surface area contributed by atoms with Crippen LogP contribution >= 0.6 is 0 Å². The quantitative estimate of drug-likeness (QED) is 0.802. The van der Waals surface area contributed by atoms with Gasteiger partial charge in [0, 0.05) is 0 Å². The van der Waals surface area contributed by atoms with Gasteiger partial charge in [0.2, 0.25) is 5.72 Å². The summed E-state index contributed by atoms with van der Waals surface area (Å²) in [5, 5.41) is 2.48. The molecule has 0 radical (unpaired) electrons. The van der Waals surface area contributed by atoms with Crippen LogP contribution in [0.2, 0.25) is 0 Å². The van der Waals surface area contributed by atoms with Crippen molar-refractivity contribution >= 4 is 0 Å². The monoisotopic (exact) mass is 231 g/mol. The van der Waals surface area contributed by atoms with Crippen LogP contribution in [0.15, 0.2) is 30.3 Å². The van der Waals surface area contributed by atoms with E-state index in [-0.39, 0.29) is 6.61 Å². The third-order valence-electron chi connectivity index (χ3n) is 2.73. The largest absolute Gasteiger partial charge is 0.430 e. The summed E-state index contributed by atoms with van der Waals surface area (Å²) >= 11 is 0. The van der Waals surface area contributed by atoms with Crippen LogP contribution in [-0.4, -0.2) is 18.5 Å². The second-order valence-corrected chi connectivity index (χ2v) is 3.95. The molecule has 1 heterocycles. The molecule has 1 aromatic carbocycles. The normalized spacial score (nSPS) is 30.6. The van der Waals surface area contributed by atoms with Gasteiger partial charge >= 0.3 is 6.18 Å². The van der Waals surface area contributed by atoms with Crippen molar-refractivity contribution in [3.8, 4) is 0 Å². The van der Waals surface area contributed by atoms with Gasteiger partial charge in [0.1, 0.15) is 0 Å². The molecule has 0 aliphatic carbocycles. The summed E-state index contributed by atoms with van der Waals surface area (Å²) in [6, 6.07) is 8.56. The number of benzene rings is 1. The maximum Gasteiger partial charge on any atom is 0.430 e. The van der Waals surface area contributed by atoms with E-state index in [1.54, 1.807) is 24.3 Å². The van der Waals surface area contributed by atoms with Crippen LogP contribution in [0, 0.1) is 0 Å². The van der Waals surface area contributed by atoms with Gasteiger partial charge in [-0.3, -0.25) is 5.32 Å². The first-order valence-corrected chi connectivity index (χ1v) is 4.96. The molecule has 16 heavy (non-hydrogen) atoms. The molecule has 0 bridgehead atoms. The standard InChI is InChI=1S/C11H12F3NO/c1-10(11(12,13)14)15-9(7-16-10)8-5-3-2-4-6-8/h2-6,9,15H,7H2,1H3/t9?,10-/m0/s1. The van der Waals surface area contributed by atoms with Crippen molar-refractivity contribution in [1.82, 2.24) is 5.32 Å². The summed E-state index contributed by atoms with van der Waals surface area (Å²) < 4.78 is 42.8. The Labute approximate surface area is 91.4 Å². The van der Waals surface area contributed by atoms with Gasteiger partial charge in [-0.25, -0.2) is 0 Å². The minimum atomic E-state index is -4.41. The lowest BCUT2D eigenvalue weighted by atomic mass is 10.1. The van der Waals surface area contributed by atoms with E-state index in [2.05, 4.69) is 5.32 Å². The van der Waals surface area contributed by atoms with E-state index in [1.807, 2.05) is 6.07 Å². The molecule has 2 atom stereocenters. The summed E-state index contributed by atoms with van der Waals surface area (Å²) in [6.07, 6.45) is -4.41. The summed E-state index contributed by atoms with van der Waals surface area (Å²) in [7, 11) is 0. The van der Waals surface area contributed by atoms with Gasteiger partial charge in [-0.15, -0.1) is 0 Å². The van der Waals surface area contributed by atoms with E-state index in [9.17, 15) is 13.2 Å². The average molecular weight is 231 g/mol. The fourth-order valence-corrected chi connectivity index (χ4v) is 1.69. The molecule has 2 rings (SSSR count). The molecule has 1 aromatic rings. The Balaban J connectivity index is 2.15. The van der Waals surface area contributed by atoms with Crippen LogP contribution < -0.4 is 5.32 Å². The highest BCUT2D eigenvalue weighted by Crippen LogP contribution is 2.38. The maximum atomic E-state index is 12.6. The molecule has 0 amide bonds. The molecule has 1 fully saturated rings. The lowest BCUT2D eigenvalue weighted by Gasteiger charge is -2.27. The molecule has 5 heteroatoms. The fraction of sp³-hybridized carbons (Fsp3) is 0.455. The minimum absolute atomic E-state index is 0.0278. The first-order valence-electron chi connectivity index (χ1n) is 4.96. The number of hydrogen-bond acceptors (Lipinski definition) is 2. The predicted molar refractivity (Wildman–Crippen MR) is 52.7 cm³/mol. The number of halogens is 3. The lowest BCUT2D eigenvalue weighted by molar-refractivity contribution is -0.263. The van der Waals surface area contributed by atoms with Gasteiger partial charge in [-0.05, 0) is 12.5 Å². The van der Waals surface area contributed by atoms with Crippen LogP contribution in [0.25, 0.3) is 0 Å². The zero-order valence-corrected chi connectivity index (χ0v) is 8.71. The van der Waals surface area contributed by atoms with Crippen LogP contribution in [0.5, 0.6) is 0 Å². The molecule has 88 valence electrons. The fourth-order valence-electron chi connectivity index (χ4n) is 1.69. The number of rotatable bonds is 1. The molecule has 0 spiro atoms. The molecule has 0 saturated carbocycles. The molecule has 0 aromatic heterocycles. The van der Waals surface area contributed by atoms with Crippen molar-refractivity contribution in [3.63, 3.8) is 0 Å². The van der Waals surface area contributed by atoms with Crippen LogP contribution in [0.1, 0.15) is 18.5 Å². The summed E-state index contributed by atoms with van der Waals surface area (Å²) in [4.78, 5) is 0. The van der Waals surface area contributed by atoms with Crippen LogP contribution in [0.3, 0.4) is 0 Å². The van der Waals surface area contributed by atoms with Crippen molar-refractivity contribution in [2.24, 2.45) is 0 Å². The SMILES string of the molecule is C[C@]1(C(F)(F)F)NC(c2ccccc2)CO1. The van der Waals surface area contributed by atoms with E-state index in [0.717, 1.165) is 12.5 Å². The van der Waals surface area contributed by atoms with Gasteiger partial charge in [0.05, 0.1) is 12.6 Å². The Hall–Kier alpha value is -1.07. The van der Waals surface area contributed by atoms with Crippen LogP contribution in [0.4, 0.5) is 13.2 Å². The third-order valence-corrected chi connectivity index (χ3v) is 2.73. The first kappa shape index (κ1) is 11.4. The highest BCUT2D eigenvalue weighted by Gasteiger charge is 2.56. The van der Waals surface area contributed by atoms with Crippen LogP contribution in [-0.2, 0) is 4.74 Å². The van der Waals surface area contributed by atoms with E-state index in [4.69, 9.17) is 4.74 Å². The number of hydrogen-bond donors (Lipinski definition) is 1. The van der Waals surface area contributed by atoms with Crippen molar-refractivity contribution in [2.45, 2.75) is 24.9 Å². The third kappa shape index (κ3) is 1.92. The van der Waals surface area contributed by atoms with Gasteiger partial charge in [0.25, 0.3) is 0 Å². The van der Waals surface area contributed by atoms with Crippen molar-refractivity contribution in [2.75, 3.05) is 6.61 Å². The molecule has 1 aliphatic heterocycles. The van der Waals surface area contributed by atoms with Crippen molar-refractivity contribution < 1.29 is 17.9 Å². The minimum Gasteiger partial charge on any atom is -0.350 e. The Bertz CT molecular complexity index is 365. The Morgan fingerprint density at radius 3 is 2.44 bits per heavy atom. The average Bonchev–Trinajstić information content (AvgIpc) is 2.63. The topological polar surface area (TPSA) is 21.3 Å². The van der Waals surface area contributed by atoms with Gasteiger partial charge in [-0.1, -0.05) is 30.3 Å². The van der Waals surface area contributed by atoms with Gasteiger partial charge in [-0.2, -0.15) is 13.2 Å². The van der Waals surface area contributed by atoms with E-state index in [0.29, 0.717) is 0 Å². The Morgan fingerprint density at radius 2 is 1.94 bits per heavy atom. The molecule has 2 nitrogen and oxygen atoms in total. The Morgan fingerprint density at radius 1 is 1.31 bits per heavy atom. The first-order chi connectivity index (χ1) is 7.42. The van der Waals surface area contributed by atoms with E-state index >= 15 is 0 Å². The van der Waals surface area contributed by atoms with Gasteiger partial charge < -0.3 is 4.74 Å². The van der Waals surface area contributed by atoms with E-state index in [1.165, 1.54) is 0 Å². The smallest absolute Gasteiger partial charge is 0.350 e. The highest BCUT2D eigenvalue weighted by molar-refractivity contribution is 5.20. The molecule has 1 saturated heterocycles. The number of alkyl halides is 3. The number of nitrogens with one attached hydrogen (secondary N) is 1. The van der Waals surface area contributed by atoms with Gasteiger partial charge in [0.15, 0.2) is 0 Å². The summed E-state index contributed by atoms with van der Waals surface area (Å²) in [5.41, 5.74) is -1.44. The summed E-state index contributed by atoms with van der Waals surface area (Å²) in [5.74, 6) is 0. The highest BCUT2D eigenvalue weighted by atomic mass is 19.4. The van der Waals surface area contributed by atoms with Crippen molar-refractivity contribution in [1.29, 1.82) is 0 Å². The zero-order valence-electron chi connectivity index (χ0n) is 8.71. The lowest BCUT2D eigenvalue weighted by Crippen LogP contribution is -2.51. The molecular formula is C11H12F3NO. The second-order valence-electron chi connectivity index (χ2n) is 3.95. The molecule has 1 N–H and O–H groups in total. The molecule has 1 unspecified atom stereocenters. The van der Waals surface area contributed by atoms with E-state index < -0.39 is 17.9 Å². The predicted octanol–water partition coefficient (Wildman–Crippen LogP) is 2.63. The second kappa shape index (κ2) is 3.75. The molecular weight excluding hydrogens is 219 g/mol. The zero-order chi connectivity index (χ0) is 11.8.